The van der Waals surface area contributed by atoms with E-state index in [1.807, 2.05) is 48.5 Å². The normalized spacial score (nSPS) is 13.3. The number of rotatable bonds is 8. The summed E-state index contributed by atoms with van der Waals surface area (Å²) in [5, 5.41) is 7.21. The lowest BCUT2D eigenvalue weighted by molar-refractivity contribution is 0.394. The highest BCUT2D eigenvalue weighted by Crippen LogP contribution is 2.19. The van der Waals surface area contributed by atoms with Gasteiger partial charge in [-0.25, -0.2) is 4.39 Å². The van der Waals surface area contributed by atoms with Crippen molar-refractivity contribution < 1.29 is 4.39 Å². The van der Waals surface area contributed by atoms with E-state index in [-0.39, 0.29) is 17.9 Å². The molecular formula is C23H25FN2. The van der Waals surface area contributed by atoms with Crippen LogP contribution in [0.3, 0.4) is 0 Å². The van der Waals surface area contributed by atoms with E-state index in [4.69, 9.17) is 0 Å². The maximum Gasteiger partial charge on any atom is 0.123 e. The smallest absolute Gasteiger partial charge is 0.123 e. The van der Waals surface area contributed by atoms with Crippen molar-refractivity contribution in [2.45, 2.75) is 32.1 Å². The Kier molecular flexibility index (Phi) is 6.53. The summed E-state index contributed by atoms with van der Waals surface area (Å²) in [6.45, 7) is 3.72. The monoisotopic (exact) mass is 348 g/mol. The lowest BCUT2D eigenvalue weighted by Gasteiger charge is -2.27. The molecule has 3 aromatic rings. The average molecular weight is 348 g/mol. The molecule has 0 spiro atoms. The highest BCUT2D eigenvalue weighted by Gasteiger charge is 2.18. The highest BCUT2D eigenvalue weighted by atomic mass is 19.1. The zero-order valence-corrected chi connectivity index (χ0v) is 15.0. The summed E-state index contributed by atoms with van der Waals surface area (Å²) in [6.07, 6.45) is 0. The Hall–Kier alpha value is -2.49. The second kappa shape index (κ2) is 9.27. The first-order valence-electron chi connectivity index (χ1n) is 9.02. The Morgan fingerprint density at radius 2 is 1.19 bits per heavy atom. The molecule has 3 aromatic carbocycles. The van der Waals surface area contributed by atoms with Crippen LogP contribution in [0.4, 0.5) is 4.39 Å². The van der Waals surface area contributed by atoms with Gasteiger partial charge in [0.25, 0.3) is 0 Å². The van der Waals surface area contributed by atoms with Crippen LogP contribution in [0.25, 0.3) is 0 Å². The Bertz CT molecular complexity index is 772. The molecule has 2 N–H and O–H groups in total. The van der Waals surface area contributed by atoms with Gasteiger partial charge in [0.05, 0.1) is 0 Å². The van der Waals surface area contributed by atoms with E-state index in [1.165, 1.54) is 23.3 Å². The summed E-state index contributed by atoms with van der Waals surface area (Å²) >= 11 is 0. The number of nitrogens with one attached hydrogen (secondary N) is 2. The quantitative estimate of drug-likeness (QED) is 0.609. The molecule has 0 aliphatic rings. The Morgan fingerprint density at radius 3 is 1.73 bits per heavy atom. The van der Waals surface area contributed by atoms with Gasteiger partial charge in [-0.1, -0.05) is 72.8 Å². The van der Waals surface area contributed by atoms with E-state index in [0.29, 0.717) is 0 Å². The molecule has 0 aromatic heterocycles. The van der Waals surface area contributed by atoms with Crippen LogP contribution < -0.4 is 10.6 Å². The summed E-state index contributed by atoms with van der Waals surface area (Å²) in [5.41, 5.74) is 3.56. The molecular weight excluding hydrogens is 323 g/mol. The van der Waals surface area contributed by atoms with Crippen molar-refractivity contribution in [1.29, 1.82) is 0 Å². The molecule has 0 bridgehead atoms. The van der Waals surface area contributed by atoms with Crippen molar-refractivity contribution in [1.82, 2.24) is 10.6 Å². The minimum absolute atomic E-state index is 0.0829. The zero-order chi connectivity index (χ0) is 18.2. The Labute approximate surface area is 155 Å². The minimum atomic E-state index is -0.208. The van der Waals surface area contributed by atoms with Gasteiger partial charge in [-0.05, 0) is 35.7 Å². The fourth-order valence-electron chi connectivity index (χ4n) is 3.07. The zero-order valence-electron chi connectivity index (χ0n) is 15.0. The number of hydrogen-bond acceptors (Lipinski definition) is 2. The van der Waals surface area contributed by atoms with E-state index in [2.05, 4.69) is 41.8 Å². The van der Waals surface area contributed by atoms with Crippen molar-refractivity contribution >= 4 is 0 Å². The summed E-state index contributed by atoms with van der Waals surface area (Å²) in [5.74, 6) is -0.208. The maximum absolute atomic E-state index is 13.3. The van der Waals surface area contributed by atoms with Crippen LogP contribution in [0.1, 0.15) is 29.7 Å². The number of benzene rings is 3. The summed E-state index contributed by atoms with van der Waals surface area (Å²) in [6, 6.07) is 27.7. The van der Waals surface area contributed by atoms with Gasteiger partial charge in [0, 0.05) is 25.2 Å². The van der Waals surface area contributed by atoms with Crippen LogP contribution >= 0.6 is 0 Å². The molecule has 26 heavy (non-hydrogen) atoms. The lowest BCUT2D eigenvalue weighted by atomic mass is 9.99. The van der Waals surface area contributed by atoms with Gasteiger partial charge in [0.15, 0.2) is 0 Å². The molecule has 0 saturated carbocycles. The highest BCUT2D eigenvalue weighted by molar-refractivity contribution is 5.23. The van der Waals surface area contributed by atoms with Gasteiger partial charge in [-0.3, -0.25) is 0 Å². The molecule has 3 rings (SSSR count). The topological polar surface area (TPSA) is 24.1 Å². The van der Waals surface area contributed by atoms with Gasteiger partial charge < -0.3 is 10.6 Å². The number of hydrogen-bond donors (Lipinski definition) is 2. The second-order valence-electron chi connectivity index (χ2n) is 6.55. The molecule has 0 amide bonds. The SMILES string of the molecule is CC(NCc1ccccc1)C(NCc1ccccc1)c1ccc(F)cc1. The van der Waals surface area contributed by atoms with Crippen LogP contribution in [0.5, 0.6) is 0 Å². The third-order valence-corrected chi connectivity index (χ3v) is 4.57. The third-order valence-electron chi connectivity index (χ3n) is 4.57. The molecule has 0 aliphatic carbocycles. The largest absolute Gasteiger partial charge is 0.308 e. The fraction of sp³-hybridized carbons (Fsp3) is 0.217. The third kappa shape index (κ3) is 5.25. The second-order valence-corrected chi connectivity index (χ2v) is 6.55. The summed E-state index contributed by atoms with van der Waals surface area (Å²) in [4.78, 5) is 0. The minimum Gasteiger partial charge on any atom is -0.308 e. The van der Waals surface area contributed by atoms with Crippen LogP contribution in [0.2, 0.25) is 0 Å². The van der Waals surface area contributed by atoms with E-state index in [0.717, 1.165) is 18.7 Å². The van der Waals surface area contributed by atoms with Gasteiger partial charge >= 0.3 is 0 Å². The first-order chi connectivity index (χ1) is 12.7. The molecule has 2 atom stereocenters. The molecule has 0 heterocycles. The van der Waals surface area contributed by atoms with Gasteiger partial charge in [0.1, 0.15) is 5.82 Å². The predicted octanol–water partition coefficient (Wildman–Crippen LogP) is 4.83. The molecule has 0 fully saturated rings. The van der Waals surface area contributed by atoms with E-state index in [9.17, 15) is 4.39 Å². The molecule has 3 heteroatoms. The first-order valence-corrected chi connectivity index (χ1v) is 9.02. The first kappa shape index (κ1) is 18.3. The number of halogens is 1. The fourth-order valence-corrected chi connectivity index (χ4v) is 3.07. The van der Waals surface area contributed by atoms with Crippen LogP contribution in [0, 0.1) is 5.82 Å². The van der Waals surface area contributed by atoms with Crippen LogP contribution in [0.15, 0.2) is 84.9 Å². The van der Waals surface area contributed by atoms with Crippen LogP contribution in [-0.2, 0) is 13.1 Å². The van der Waals surface area contributed by atoms with Crippen LogP contribution in [-0.4, -0.2) is 6.04 Å². The lowest BCUT2D eigenvalue weighted by Crippen LogP contribution is -2.39. The Balaban J connectivity index is 1.69. The molecule has 0 radical (unpaired) electrons. The molecule has 2 nitrogen and oxygen atoms in total. The van der Waals surface area contributed by atoms with Gasteiger partial charge in [0.2, 0.25) is 0 Å². The van der Waals surface area contributed by atoms with Crippen molar-refractivity contribution in [2.24, 2.45) is 0 Å². The van der Waals surface area contributed by atoms with E-state index >= 15 is 0 Å². The average Bonchev–Trinajstić information content (AvgIpc) is 2.69. The van der Waals surface area contributed by atoms with Crippen molar-refractivity contribution in [3.8, 4) is 0 Å². The molecule has 134 valence electrons. The molecule has 2 unspecified atom stereocenters. The summed E-state index contributed by atoms with van der Waals surface area (Å²) in [7, 11) is 0. The predicted molar refractivity (Wildman–Crippen MR) is 105 cm³/mol. The summed E-state index contributed by atoms with van der Waals surface area (Å²) < 4.78 is 13.3. The van der Waals surface area contributed by atoms with Crippen molar-refractivity contribution in [3.63, 3.8) is 0 Å². The van der Waals surface area contributed by atoms with Gasteiger partial charge in [-0.2, -0.15) is 0 Å². The molecule has 0 aliphatic heterocycles. The van der Waals surface area contributed by atoms with Gasteiger partial charge in [-0.15, -0.1) is 0 Å². The Morgan fingerprint density at radius 1 is 0.692 bits per heavy atom. The molecule has 0 saturated heterocycles. The van der Waals surface area contributed by atoms with Crippen molar-refractivity contribution in [3.05, 3.63) is 107 Å². The van der Waals surface area contributed by atoms with E-state index < -0.39 is 0 Å². The van der Waals surface area contributed by atoms with E-state index in [1.54, 1.807) is 0 Å². The van der Waals surface area contributed by atoms with Crippen molar-refractivity contribution in [2.75, 3.05) is 0 Å². The standard InChI is InChI=1S/C23H25FN2/c1-18(25-16-19-8-4-2-5-9-19)23(21-12-14-22(24)15-13-21)26-17-20-10-6-3-7-11-20/h2-15,18,23,25-26H,16-17H2,1H3. The maximum atomic E-state index is 13.3.